The standard InChI is InChI=1S/C17H21N5OS/c1-12-11-24-17(19-12)22-8-6-21(7-9-22)15-5-2-13(10-18-15)16(23)20-14-3-4-14/h2,5,10-11,14H,3-4,6-9H2,1H3,(H,20,23). The van der Waals surface area contributed by atoms with Crippen LogP contribution < -0.4 is 15.1 Å². The van der Waals surface area contributed by atoms with Crippen LogP contribution >= 0.6 is 11.3 Å². The summed E-state index contributed by atoms with van der Waals surface area (Å²) in [6.45, 7) is 5.75. The van der Waals surface area contributed by atoms with Gasteiger partial charge in [0.15, 0.2) is 5.13 Å². The first kappa shape index (κ1) is 15.4. The zero-order chi connectivity index (χ0) is 16.5. The Labute approximate surface area is 145 Å². The van der Waals surface area contributed by atoms with Gasteiger partial charge in [0.2, 0.25) is 0 Å². The SMILES string of the molecule is Cc1csc(N2CCN(c3ccc(C(=O)NC4CC4)cn3)CC2)n1. The molecule has 126 valence electrons. The van der Waals surface area contributed by atoms with E-state index in [9.17, 15) is 4.79 Å². The third kappa shape index (κ3) is 3.36. The molecule has 4 rings (SSSR count). The molecule has 0 bridgehead atoms. The summed E-state index contributed by atoms with van der Waals surface area (Å²) in [6, 6.07) is 4.20. The van der Waals surface area contributed by atoms with Gasteiger partial charge < -0.3 is 15.1 Å². The normalized spacial score (nSPS) is 17.9. The molecule has 7 heteroatoms. The maximum atomic E-state index is 12.0. The lowest BCUT2D eigenvalue weighted by Gasteiger charge is -2.35. The zero-order valence-corrected chi connectivity index (χ0v) is 14.6. The fourth-order valence-electron chi connectivity index (χ4n) is 2.82. The lowest BCUT2D eigenvalue weighted by Crippen LogP contribution is -2.46. The van der Waals surface area contributed by atoms with E-state index in [4.69, 9.17) is 0 Å². The number of pyridine rings is 1. The minimum absolute atomic E-state index is 0.0134. The van der Waals surface area contributed by atoms with Gasteiger partial charge in [0.25, 0.3) is 5.91 Å². The Morgan fingerprint density at radius 2 is 1.96 bits per heavy atom. The number of rotatable bonds is 4. The summed E-state index contributed by atoms with van der Waals surface area (Å²) in [7, 11) is 0. The second-order valence-corrected chi connectivity index (χ2v) is 7.23. The number of thiazole rings is 1. The molecule has 2 fully saturated rings. The quantitative estimate of drug-likeness (QED) is 0.921. The Morgan fingerprint density at radius 3 is 2.54 bits per heavy atom. The summed E-state index contributed by atoms with van der Waals surface area (Å²) in [4.78, 5) is 25.6. The largest absolute Gasteiger partial charge is 0.353 e. The number of hydrogen-bond donors (Lipinski definition) is 1. The van der Waals surface area contributed by atoms with Gasteiger partial charge in [-0.15, -0.1) is 11.3 Å². The fourth-order valence-corrected chi connectivity index (χ4v) is 3.67. The fraction of sp³-hybridized carbons (Fsp3) is 0.471. The van der Waals surface area contributed by atoms with Crippen LogP contribution in [0.2, 0.25) is 0 Å². The molecule has 0 spiro atoms. The lowest BCUT2D eigenvalue weighted by molar-refractivity contribution is 0.0950. The van der Waals surface area contributed by atoms with Crippen molar-refractivity contribution >= 4 is 28.2 Å². The van der Waals surface area contributed by atoms with E-state index in [0.29, 0.717) is 11.6 Å². The van der Waals surface area contributed by atoms with Crippen molar-refractivity contribution in [2.45, 2.75) is 25.8 Å². The highest BCUT2D eigenvalue weighted by atomic mass is 32.1. The van der Waals surface area contributed by atoms with Crippen LogP contribution in [0.1, 0.15) is 28.9 Å². The van der Waals surface area contributed by atoms with Crippen molar-refractivity contribution in [1.29, 1.82) is 0 Å². The number of anilines is 2. The smallest absolute Gasteiger partial charge is 0.253 e. The Bertz CT molecular complexity index is 717. The molecule has 3 heterocycles. The van der Waals surface area contributed by atoms with Crippen molar-refractivity contribution in [3.8, 4) is 0 Å². The van der Waals surface area contributed by atoms with Gasteiger partial charge in [0.1, 0.15) is 5.82 Å². The average Bonchev–Trinajstić information content (AvgIpc) is 3.33. The summed E-state index contributed by atoms with van der Waals surface area (Å²) in [5.74, 6) is 0.924. The highest BCUT2D eigenvalue weighted by molar-refractivity contribution is 7.13. The lowest BCUT2D eigenvalue weighted by atomic mass is 10.2. The van der Waals surface area contributed by atoms with Crippen molar-refractivity contribution in [3.63, 3.8) is 0 Å². The van der Waals surface area contributed by atoms with Crippen LogP contribution in [0.25, 0.3) is 0 Å². The van der Waals surface area contributed by atoms with Crippen molar-refractivity contribution in [3.05, 3.63) is 35.0 Å². The number of carbonyl (C=O) groups is 1. The summed E-state index contributed by atoms with van der Waals surface area (Å²) < 4.78 is 0. The van der Waals surface area contributed by atoms with E-state index in [0.717, 1.165) is 55.7 Å². The van der Waals surface area contributed by atoms with Crippen molar-refractivity contribution < 1.29 is 4.79 Å². The van der Waals surface area contributed by atoms with Gasteiger partial charge in [-0.2, -0.15) is 0 Å². The molecule has 1 saturated heterocycles. The van der Waals surface area contributed by atoms with Gasteiger partial charge in [-0.1, -0.05) is 0 Å². The first-order chi connectivity index (χ1) is 11.7. The highest BCUT2D eigenvalue weighted by Crippen LogP contribution is 2.23. The Hall–Kier alpha value is -2.15. The molecule has 2 aromatic heterocycles. The van der Waals surface area contributed by atoms with E-state index in [1.807, 2.05) is 19.1 Å². The van der Waals surface area contributed by atoms with Crippen LogP contribution in [0.5, 0.6) is 0 Å². The van der Waals surface area contributed by atoms with Gasteiger partial charge in [0, 0.05) is 43.8 Å². The third-order valence-corrected chi connectivity index (χ3v) is 5.42. The monoisotopic (exact) mass is 343 g/mol. The third-order valence-electron chi connectivity index (χ3n) is 4.40. The predicted molar refractivity (Wildman–Crippen MR) is 96.0 cm³/mol. The summed E-state index contributed by atoms with van der Waals surface area (Å²) >= 11 is 1.70. The van der Waals surface area contributed by atoms with E-state index in [2.05, 4.69) is 30.5 Å². The molecule has 1 aliphatic carbocycles. The topological polar surface area (TPSA) is 61.4 Å². The summed E-state index contributed by atoms with van der Waals surface area (Å²) in [6.07, 6.45) is 3.88. The van der Waals surface area contributed by atoms with Crippen LogP contribution in [-0.2, 0) is 0 Å². The van der Waals surface area contributed by atoms with Crippen molar-refractivity contribution in [2.75, 3.05) is 36.0 Å². The zero-order valence-electron chi connectivity index (χ0n) is 13.7. The number of aromatic nitrogens is 2. The first-order valence-electron chi connectivity index (χ1n) is 8.38. The molecule has 24 heavy (non-hydrogen) atoms. The molecule has 1 amide bonds. The maximum Gasteiger partial charge on any atom is 0.253 e. The van der Waals surface area contributed by atoms with E-state index in [-0.39, 0.29) is 5.91 Å². The number of nitrogens with one attached hydrogen (secondary N) is 1. The molecular formula is C17H21N5OS. The summed E-state index contributed by atoms with van der Waals surface area (Å²) in [5.41, 5.74) is 1.72. The molecule has 2 aromatic rings. The van der Waals surface area contributed by atoms with E-state index in [1.165, 1.54) is 0 Å². The number of piperazine rings is 1. The van der Waals surface area contributed by atoms with Gasteiger partial charge in [-0.25, -0.2) is 9.97 Å². The van der Waals surface area contributed by atoms with Crippen LogP contribution in [0.15, 0.2) is 23.7 Å². The first-order valence-corrected chi connectivity index (χ1v) is 9.26. The molecule has 2 aliphatic rings. The van der Waals surface area contributed by atoms with Crippen LogP contribution in [0.4, 0.5) is 10.9 Å². The number of carbonyl (C=O) groups excluding carboxylic acids is 1. The van der Waals surface area contributed by atoms with Crippen LogP contribution in [-0.4, -0.2) is 48.1 Å². The Morgan fingerprint density at radius 1 is 1.21 bits per heavy atom. The molecule has 1 aliphatic heterocycles. The second kappa shape index (κ2) is 6.39. The van der Waals surface area contributed by atoms with Crippen molar-refractivity contribution in [2.24, 2.45) is 0 Å². The molecule has 0 radical (unpaired) electrons. The van der Waals surface area contributed by atoms with Gasteiger partial charge in [-0.05, 0) is 31.9 Å². The number of hydrogen-bond acceptors (Lipinski definition) is 6. The number of nitrogens with zero attached hydrogens (tertiary/aromatic N) is 4. The predicted octanol–water partition coefficient (Wildman–Crippen LogP) is 2.07. The number of aryl methyl sites for hydroxylation is 1. The molecule has 6 nitrogen and oxygen atoms in total. The molecule has 1 N–H and O–H groups in total. The molecule has 0 aromatic carbocycles. The molecule has 0 atom stereocenters. The van der Waals surface area contributed by atoms with Gasteiger partial charge in [0.05, 0.1) is 11.3 Å². The van der Waals surface area contributed by atoms with E-state index >= 15 is 0 Å². The highest BCUT2D eigenvalue weighted by Gasteiger charge is 2.24. The Balaban J connectivity index is 1.35. The second-order valence-electron chi connectivity index (χ2n) is 6.40. The minimum Gasteiger partial charge on any atom is -0.353 e. The maximum absolute atomic E-state index is 12.0. The molecular weight excluding hydrogens is 322 g/mol. The van der Waals surface area contributed by atoms with E-state index in [1.54, 1.807) is 17.5 Å². The van der Waals surface area contributed by atoms with Crippen LogP contribution in [0.3, 0.4) is 0 Å². The van der Waals surface area contributed by atoms with Gasteiger partial charge >= 0.3 is 0 Å². The average molecular weight is 343 g/mol. The van der Waals surface area contributed by atoms with E-state index < -0.39 is 0 Å². The molecule has 0 unspecified atom stereocenters. The number of amides is 1. The van der Waals surface area contributed by atoms with Gasteiger partial charge in [-0.3, -0.25) is 4.79 Å². The van der Waals surface area contributed by atoms with Crippen LogP contribution in [0, 0.1) is 6.92 Å². The molecule has 1 saturated carbocycles. The Kier molecular flexibility index (Phi) is 4.10. The van der Waals surface area contributed by atoms with Crippen molar-refractivity contribution in [1.82, 2.24) is 15.3 Å². The minimum atomic E-state index is -0.0134. The summed E-state index contributed by atoms with van der Waals surface area (Å²) in [5, 5.41) is 6.19.